The van der Waals surface area contributed by atoms with E-state index in [4.69, 9.17) is 4.74 Å². The number of rotatable bonds is 10. The Morgan fingerprint density at radius 1 is 0.657 bits per heavy atom. The lowest BCUT2D eigenvalue weighted by atomic mass is 10.2. The highest BCUT2D eigenvalue weighted by molar-refractivity contribution is 6.04. The van der Waals surface area contributed by atoms with Gasteiger partial charge in [-0.05, 0) is 60.2 Å². The lowest BCUT2D eigenvalue weighted by molar-refractivity contribution is -0.114. The van der Waals surface area contributed by atoms with Crippen LogP contribution in [0.2, 0.25) is 0 Å². The third kappa shape index (κ3) is 7.47. The summed E-state index contributed by atoms with van der Waals surface area (Å²) in [5, 5.41) is 8.79. The predicted molar refractivity (Wildman–Crippen MR) is 140 cm³/mol. The number of carbonyl (C=O) groups is 2. The number of anilines is 3. The average Bonchev–Trinajstić information content (AvgIpc) is 2.89. The van der Waals surface area contributed by atoms with Crippen LogP contribution < -0.4 is 20.7 Å². The zero-order chi connectivity index (χ0) is 24.3. The van der Waals surface area contributed by atoms with Crippen molar-refractivity contribution in [1.82, 2.24) is 0 Å². The molecule has 0 unspecified atom stereocenters. The van der Waals surface area contributed by atoms with E-state index in [2.05, 4.69) is 28.1 Å². The molecule has 0 saturated carbocycles. The first-order valence-corrected chi connectivity index (χ1v) is 11.4. The van der Waals surface area contributed by atoms with Gasteiger partial charge in [0.15, 0.2) is 0 Å². The van der Waals surface area contributed by atoms with Crippen molar-refractivity contribution in [3.8, 4) is 5.75 Å². The summed E-state index contributed by atoms with van der Waals surface area (Å²) in [4.78, 5) is 24.7. The molecule has 4 aromatic rings. The van der Waals surface area contributed by atoms with Gasteiger partial charge in [0.2, 0.25) is 5.91 Å². The zero-order valence-corrected chi connectivity index (χ0v) is 19.2. The number of amides is 2. The zero-order valence-electron chi connectivity index (χ0n) is 19.2. The van der Waals surface area contributed by atoms with Crippen LogP contribution in [0.4, 0.5) is 17.1 Å². The molecule has 0 aliphatic carbocycles. The monoisotopic (exact) mass is 465 g/mol. The van der Waals surface area contributed by atoms with Gasteiger partial charge in [-0.2, -0.15) is 0 Å². The third-order valence-electron chi connectivity index (χ3n) is 5.25. The lowest BCUT2D eigenvalue weighted by Gasteiger charge is -2.11. The molecule has 0 atom stereocenters. The van der Waals surface area contributed by atoms with Crippen LogP contribution in [0.25, 0.3) is 0 Å². The van der Waals surface area contributed by atoms with Gasteiger partial charge in [-0.3, -0.25) is 9.59 Å². The van der Waals surface area contributed by atoms with Crippen LogP contribution in [-0.4, -0.2) is 25.0 Å². The molecule has 6 nitrogen and oxygen atoms in total. The van der Waals surface area contributed by atoms with Crippen LogP contribution >= 0.6 is 0 Å². The molecule has 0 aromatic heterocycles. The maximum atomic E-state index is 12.4. The standard InChI is InChI=1S/C29H27N3O3/c33-28(31-25-12-7-13-26(20-25)32-29(34)23-10-5-2-6-11-23)21-30-24-14-16-27(17-15-24)35-19-18-22-8-3-1-4-9-22/h1-17,20,30H,18-19,21H2,(H,31,33)(H,32,34). The van der Waals surface area contributed by atoms with Crippen LogP contribution in [0.1, 0.15) is 15.9 Å². The van der Waals surface area contributed by atoms with Crippen LogP contribution in [-0.2, 0) is 11.2 Å². The summed E-state index contributed by atoms with van der Waals surface area (Å²) in [6, 6.07) is 33.7. The fourth-order valence-corrected chi connectivity index (χ4v) is 3.46. The highest BCUT2D eigenvalue weighted by atomic mass is 16.5. The van der Waals surface area contributed by atoms with E-state index < -0.39 is 0 Å². The Morgan fingerprint density at radius 2 is 1.31 bits per heavy atom. The van der Waals surface area contributed by atoms with Crippen LogP contribution in [0, 0.1) is 0 Å². The van der Waals surface area contributed by atoms with Crippen molar-refractivity contribution in [2.24, 2.45) is 0 Å². The molecular weight excluding hydrogens is 438 g/mol. The van der Waals surface area contributed by atoms with E-state index in [0.29, 0.717) is 23.5 Å². The number of hydrogen-bond donors (Lipinski definition) is 3. The van der Waals surface area contributed by atoms with Crippen molar-refractivity contribution in [2.45, 2.75) is 6.42 Å². The van der Waals surface area contributed by atoms with Gasteiger partial charge >= 0.3 is 0 Å². The molecular formula is C29H27N3O3. The smallest absolute Gasteiger partial charge is 0.255 e. The molecule has 0 bridgehead atoms. The summed E-state index contributed by atoms with van der Waals surface area (Å²) in [6.07, 6.45) is 0.845. The highest BCUT2D eigenvalue weighted by Gasteiger charge is 2.07. The van der Waals surface area contributed by atoms with E-state index in [0.717, 1.165) is 17.9 Å². The molecule has 3 N–H and O–H groups in total. The number of ether oxygens (including phenoxy) is 1. The number of nitrogens with one attached hydrogen (secondary N) is 3. The molecule has 2 amide bonds. The topological polar surface area (TPSA) is 79.5 Å². The first kappa shape index (κ1) is 23.6. The Bertz CT molecular complexity index is 1240. The molecule has 0 fully saturated rings. The molecule has 0 radical (unpaired) electrons. The first-order valence-electron chi connectivity index (χ1n) is 11.4. The summed E-state index contributed by atoms with van der Waals surface area (Å²) in [5.41, 5.74) is 3.83. The Balaban J connectivity index is 1.21. The number of benzene rings is 4. The van der Waals surface area contributed by atoms with Gasteiger partial charge in [0.1, 0.15) is 5.75 Å². The first-order chi connectivity index (χ1) is 17.2. The summed E-state index contributed by atoms with van der Waals surface area (Å²) in [6.45, 7) is 0.707. The van der Waals surface area contributed by atoms with Gasteiger partial charge in [-0.15, -0.1) is 0 Å². The second kappa shape index (κ2) is 12.0. The molecule has 6 heteroatoms. The van der Waals surface area contributed by atoms with E-state index >= 15 is 0 Å². The maximum absolute atomic E-state index is 12.4. The minimum atomic E-state index is -0.205. The van der Waals surface area contributed by atoms with E-state index in [1.165, 1.54) is 5.56 Å². The van der Waals surface area contributed by atoms with Gasteiger partial charge < -0.3 is 20.7 Å². The molecule has 35 heavy (non-hydrogen) atoms. The number of hydrogen-bond acceptors (Lipinski definition) is 4. The Kier molecular flexibility index (Phi) is 8.11. The van der Waals surface area contributed by atoms with E-state index in [1.807, 2.05) is 60.7 Å². The lowest BCUT2D eigenvalue weighted by Crippen LogP contribution is -2.21. The largest absolute Gasteiger partial charge is 0.493 e. The molecule has 4 aromatic carbocycles. The minimum absolute atomic E-state index is 0.106. The van der Waals surface area contributed by atoms with Gasteiger partial charge in [0.05, 0.1) is 13.2 Å². The van der Waals surface area contributed by atoms with Crippen LogP contribution in [0.5, 0.6) is 5.75 Å². The van der Waals surface area contributed by atoms with E-state index in [9.17, 15) is 9.59 Å². The van der Waals surface area contributed by atoms with Crippen molar-refractivity contribution < 1.29 is 14.3 Å². The van der Waals surface area contributed by atoms with Crippen molar-refractivity contribution in [3.63, 3.8) is 0 Å². The fourth-order valence-electron chi connectivity index (χ4n) is 3.46. The Morgan fingerprint density at radius 3 is 2.03 bits per heavy atom. The predicted octanol–water partition coefficient (Wildman–Crippen LogP) is 5.61. The summed E-state index contributed by atoms with van der Waals surface area (Å²) in [5.74, 6) is 0.383. The Labute approximate surface area is 205 Å². The van der Waals surface area contributed by atoms with Gasteiger partial charge in [0.25, 0.3) is 5.91 Å². The summed E-state index contributed by atoms with van der Waals surface area (Å²) in [7, 11) is 0. The van der Waals surface area contributed by atoms with E-state index in [-0.39, 0.29) is 18.4 Å². The summed E-state index contributed by atoms with van der Waals surface area (Å²) >= 11 is 0. The van der Waals surface area contributed by atoms with Crippen molar-refractivity contribution in [1.29, 1.82) is 0 Å². The molecule has 176 valence electrons. The second-order valence-corrected chi connectivity index (χ2v) is 7.91. The Hall–Kier alpha value is -4.58. The quantitative estimate of drug-likeness (QED) is 0.284. The maximum Gasteiger partial charge on any atom is 0.255 e. The molecule has 4 rings (SSSR count). The van der Waals surface area contributed by atoms with Crippen molar-refractivity contribution in [3.05, 3.63) is 120 Å². The van der Waals surface area contributed by atoms with Crippen LogP contribution in [0.15, 0.2) is 109 Å². The van der Waals surface area contributed by atoms with Gasteiger partial charge in [0, 0.05) is 29.0 Å². The van der Waals surface area contributed by atoms with Gasteiger partial charge in [-0.25, -0.2) is 0 Å². The molecule has 0 spiro atoms. The third-order valence-corrected chi connectivity index (χ3v) is 5.25. The molecule has 0 aliphatic rings. The molecule has 0 aliphatic heterocycles. The van der Waals surface area contributed by atoms with Crippen molar-refractivity contribution >= 4 is 28.9 Å². The van der Waals surface area contributed by atoms with Crippen LogP contribution in [0.3, 0.4) is 0 Å². The van der Waals surface area contributed by atoms with E-state index in [1.54, 1.807) is 36.4 Å². The second-order valence-electron chi connectivity index (χ2n) is 7.91. The highest BCUT2D eigenvalue weighted by Crippen LogP contribution is 2.18. The summed E-state index contributed by atoms with van der Waals surface area (Å²) < 4.78 is 5.80. The molecule has 0 heterocycles. The SMILES string of the molecule is O=C(CNc1ccc(OCCc2ccccc2)cc1)Nc1cccc(NC(=O)c2ccccc2)c1. The normalized spacial score (nSPS) is 10.3. The molecule has 0 saturated heterocycles. The average molecular weight is 466 g/mol. The van der Waals surface area contributed by atoms with Crippen molar-refractivity contribution in [2.75, 3.05) is 29.1 Å². The van der Waals surface area contributed by atoms with Gasteiger partial charge in [-0.1, -0.05) is 54.6 Å². The number of carbonyl (C=O) groups excluding carboxylic acids is 2. The fraction of sp³-hybridized carbons (Fsp3) is 0.103. The minimum Gasteiger partial charge on any atom is -0.493 e.